The molecule has 1 unspecified atom stereocenters. The normalized spacial score (nSPS) is 22.8. The highest BCUT2D eigenvalue weighted by Crippen LogP contribution is 2.45. The molecule has 4 aromatic rings. The number of imidazole rings is 1. The van der Waals surface area contributed by atoms with Crippen LogP contribution in [-0.4, -0.2) is 72.4 Å². The predicted molar refractivity (Wildman–Crippen MR) is 177 cm³/mol. The van der Waals surface area contributed by atoms with E-state index >= 15 is 0 Å². The lowest BCUT2D eigenvalue weighted by Gasteiger charge is -2.45. The van der Waals surface area contributed by atoms with E-state index in [0.717, 1.165) is 68.7 Å². The third-order valence-corrected chi connectivity index (χ3v) is 12.5. The fourth-order valence-electron chi connectivity index (χ4n) is 8.61. The van der Waals surface area contributed by atoms with Gasteiger partial charge >= 0.3 is 0 Å². The first-order valence-electron chi connectivity index (χ1n) is 16.7. The van der Waals surface area contributed by atoms with Crippen LogP contribution in [0, 0.1) is 24.4 Å². The summed E-state index contributed by atoms with van der Waals surface area (Å²) < 4.78 is 72.9. The van der Waals surface area contributed by atoms with Crippen molar-refractivity contribution in [3.63, 3.8) is 0 Å². The molecule has 48 heavy (non-hydrogen) atoms. The van der Waals surface area contributed by atoms with Crippen molar-refractivity contribution in [2.24, 2.45) is 0 Å². The summed E-state index contributed by atoms with van der Waals surface area (Å²) in [6.07, 6.45) is 6.19. The van der Waals surface area contributed by atoms with Gasteiger partial charge in [0.15, 0.2) is 0 Å². The Bertz CT molecular complexity index is 1960. The van der Waals surface area contributed by atoms with Crippen molar-refractivity contribution >= 4 is 27.0 Å². The summed E-state index contributed by atoms with van der Waals surface area (Å²) >= 11 is 0. The van der Waals surface area contributed by atoms with Crippen LogP contribution in [0.25, 0.3) is 11.0 Å². The highest BCUT2D eigenvalue weighted by molar-refractivity contribution is 7.89. The molecule has 3 aromatic carbocycles. The number of aromatic nitrogens is 2. The Morgan fingerprint density at radius 2 is 1.65 bits per heavy atom. The zero-order chi connectivity index (χ0) is 33.8. The molecule has 8 nitrogen and oxygen atoms in total. The molecule has 1 amide bonds. The van der Waals surface area contributed by atoms with Crippen molar-refractivity contribution in [2.75, 3.05) is 26.7 Å². The van der Waals surface area contributed by atoms with Gasteiger partial charge in [-0.1, -0.05) is 24.3 Å². The maximum atomic E-state index is 14.9. The molecule has 2 bridgehead atoms. The molecule has 0 saturated carbocycles. The Hall–Kier alpha value is -3.74. The zero-order valence-corrected chi connectivity index (χ0v) is 27.9. The highest BCUT2D eigenvalue weighted by Gasteiger charge is 2.44. The number of likely N-dealkylation sites (tertiary alicyclic amines) is 1. The number of carbonyl (C=O) groups excluding carboxylic acids is 1. The fraction of sp³-hybridized carbons (Fsp3) is 0.444. The van der Waals surface area contributed by atoms with E-state index in [1.54, 1.807) is 12.1 Å². The number of halogens is 3. The van der Waals surface area contributed by atoms with Crippen molar-refractivity contribution in [1.82, 2.24) is 24.1 Å². The molecule has 0 radical (unpaired) electrons. The average molecular weight is 680 g/mol. The largest absolute Gasteiger partial charge is 0.338 e. The number of hydrogen-bond donors (Lipinski definition) is 1. The number of nitrogens with zero attached hydrogens (tertiary/aromatic N) is 4. The number of benzene rings is 3. The maximum absolute atomic E-state index is 14.9. The quantitative estimate of drug-likeness (QED) is 0.243. The van der Waals surface area contributed by atoms with Crippen LogP contribution in [-0.2, 0) is 15.4 Å². The number of carbonyl (C=O) groups is 1. The summed E-state index contributed by atoms with van der Waals surface area (Å²) in [5, 5.41) is 0. The molecule has 3 aliphatic rings. The number of nitrogens with one attached hydrogen (secondary N) is 1. The van der Waals surface area contributed by atoms with Crippen molar-refractivity contribution in [3.05, 3.63) is 95.1 Å². The van der Waals surface area contributed by atoms with E-state index in [-0.39, 0.29) is 18.9 Å². The minimum Gasteiger partial charge on any atom is -0.338 e. The molecular formula is C36H40F3N5O3S. The summed E-state index contributed by atoms with van der Waals surface area (Å²) in [6, 6.07) is 17.4. The second-order valence-electron chi connectivity index (χ2n) is 13.6. The van der Waals surface area contributed by atoms with Crippen LogP contribution in [0.1, 0.15) is 72.7 Å². The molecule has 3 aliphatic heterocycles. The van der Waals surface area contributed by atoms with E-state index in [0.29, 0.717) is 37.0 Å². The van der Waals surface area contributed by atoms with Crippen molar-refractivity contribution in [3.8, 4) is 0 Å². The Labute approximate surface area is 279 Å². The summed E-state index contributed by atoms with van der Waals surface area (Å²) in [5.41, 5.74) is 2.18. The van der Waals surface area contributed by atoms with Crippen molar-refractivity contribution in [1.29, 1.82) is 0 Å². The molecule has 3 fully saturated rings. The minimum absolute atomic E-state index is 0.266. The van der Waals surface area contributed by atoms with Gasteiger partial charge in [0.05, 0.1) is 16.6 Å². The van der Waals surface area contributed by atoms with Gasteiger partial charge in [-0.15, -0.1) is 0 Å². The van der Waals surface area contributed by atoms with Gasteiger partial charge in [-0.05, 0) is 107 Å². The number of rotatable bonds is 8. The summed E-state index contributed by atoms with van der Waals surface area (Å²) in [7, 11) is -3.13. The molecule has 12 heteroatoms. The average Bonchev–Trinajstić information content (AvgIpc) is 3.53. The van der Waals surface area contributed by atoms with E-state index in [1.807, 2.05) is 16.9 Å². The van der Waals surface area contributed by atoms with E-state index in [4.69, 9.17) is 4.98 Å². The highest BCUT2D eigenvalue weighted by atomic mass is 32.2. The van der Waals surface area contributed by atoms with Gasteiger partial charge in [-0.3, -0.25) is 9.69 Å². The van der Waals surface area contributed by atoms with Crippen molar-refractivity contribution < 1.29 is 26.4 Å². The van der Waals surface area contributed by atoms with Crippen molar-refractivity contribution in [2.45, 2.75) is 80.3 Å². The van der Waals surface area contributed by atoms with Crippen LogP contribution in [0.5, 0.6) is 0 Å². The number of aryl methyl sites for hydroxylation is 1. The van der Waals surface area contributed by atoms with Crippen LogP contribution < -0.4 is 4.72 Å². The first-order chi connectivity index (χ1) is 23.0. The van der Waals surface area contributed by atoms with Crippen LogP contribution in [0.15, 0.2) is 65.6 Å². The Morgan fingerprint density at radius 3 is 2.33 bits per heavy atom. The molecule has 3 atom stereocenters. The Balaban J connectivity index is 1.09. The lowest BCUT2D eigenvalue weighted by molar-refractivity contribution is 0.0602. The number of para-hydroxylation sites is 2. The summed E-state index contributed by atoms with van der Waals surface area (Å²) in [6.45, 7) is 3.46. The molecule has 1 N–H and O–H groups in total. The fourth-order valence-corrected chi connectivity index (χ4v) is 9.42. The third-order valence-electron chi connectivity index (χ3n) is 11.1. The van der Waals surface area contributed by atoms with E-state index < -0.39 is 43.4 Å². The SMILES string of the molecule is CNS(=O)(=O)c1cc(C(=O)N2CCC(CCN3[C@@H]4CC[C@H]3CC(n3c(C)nc5ccccc53)C4)(c3cccc(F)c3)CC2)c(F)cc1F. The predicted octanol–water partition coefficient (Wildman–Crippen LogP) is 6.10. The molecule has 1 aromatic heterocycles. The molecule has 0 aliphatic carbocycles. The number of sulfonamides is 1. The van der Waals surface area contributed by atoms with Gasteiger partial charge in [-0.2, -0.15) is 0 Å². The number of hydrogen-bond acceptors (Lipinski definition) is 5. The number of fused-ring (bicyclic) bond motifs is 3. The third kappa shape index (κ3) is 5.81. The standard InChI is InChI=1S/C36H40F3N5O3S/c1-23-41-32-8-3-4-9-33(32)44(23)28-19-26-10-11-27(20-28)43(26)17-14-36(24-6-5-7-25(37)18-24)12-15-42(16-13-36)35(45)29-21-34(48(46,47)40-2)31(39)22-30(29)38/h3-9,18,21-22,26-28,40H,10-17,19-20H2,1-2H3/t26-,27+,28?. The molecule has 4 heterocycles. The number of piperidine rings is 2. The van der Waals surface area contributed by atoms with Gasteiger partial charge < -0.3 is 9.47 Å². The van der Waals surface area contributed by atoms with Crippen LogP contribution in [0.2, 0.25) is 0 Å². The molecular weight excluding hydrogens is 639 g/mol. The van der Waals surface area contributed by atoms with E-state index in [2.05, 4.69) is 34.6 Å². The van der Waals surface area contributed by atoms with Crippen LogP contribution >= 0.6 is 0 Å². The molecule has 7 rings (SSSR count). The molecule has 3 saturated heterocycles. The first kappa shape index (κ1) is 32.8. The molecule has 0 spiro atoms. The van der Waals surface area contributed by atoms with Gasteiger partial charge in [0, 0.05) is 37.3 Å². The second kappa shape index (κ2) is 12.6. The number of amides is 1. The van der Waals surface area contributed by atoms with Crippen LogP contribution in [0.3, 0.4) is 0 Å². The topological polar surface area (TPSA) is 87.5 Å². The first-order valence-corrected chi connectivity index (χ1v) is 18.2. The van der Waals surface area contributed by atoms with Gasteiger partial charge in [-0.25, -0.2) is 31.3 Å². The Kier molecular flexibility index (Phi) is 8.62. The van der Waals surface area contributed by atoms with Gasteiger partial charge in [0.2, 0.25) is 10.0 Å². The molecule has 254 valence electrons. The Morgan fingerprint density at radius 1 is 0.938 bits per heavy atom. The van der Waals surface area contributed by atoms with Crippen LogP contribution in [0.4, 0.5) is 13.2 Å². The van der Waals surface area contributed by atoms with Gasteiger partial charge in [0.1, 0.15) is 28.2 Å². The summed E-state index contributed by atoms with van der Waals surface area (Å²) in [5.74, 6) is -2.36. The monoisotopic (exact) mass is 679 g/mol. The lowest BCUT2D eigenvalue weighted by Crippen LogP contribution is -2.49. The van der Waals surface area contributed by atoms with E-state index in [9.17, 15) is 26.4 Å². The summed E-state index contributed by atoms with van der Waals surface area (Å²) in [4.78, 5) is 21.7. The smallest absolute Gasteiger partial charge is 0.256 e. The second-order valence-corrected chi connectivity index (χ2v) is 15.4. The van der Waals surface area contributed by atoms with Gasteiger partial charge in [0.25, 0.3) is 5.91 Å². The maximum Gasteiger partial charge on any atom is 0.256 e. The zero-order valence-electron chi connectivity index (χ0n) is 27.1. The minimum atomic E-state index is -4.25. The lowest BCUT2D eigenvalue weighted by atomic mass is 9.70. The van der Waals surface area contributed by atoms with E-state index in [1.165, 1.54) is 16.5 Å².